The molecule has 0 radical (unpaired) electrons. The lowest BCUT2D eigenvalue weighted by Gasteiger charge is -2.22. The third kappa shape index (κ3) is 5.57. The summed E-state index contributed by atoms with van der Waals surface area (Å²) in [6.45, 7) is 0. The smallest absolute Gasteiger partial charge is 0.303 e. The number of rotatable bonds is 7. The highest BCUT2D eigenvalue weighted by molar-refractivity contribution is 6.42. The van der Waals surface area contributed by atoms with Gasteiger partial charge in [-0.15, -0.1) is 0 Å². The molecule has 0 fully saturated rings. The quantitative estimate of drug-likeness (QED) is 0.243. The number of carboxylic acids is 1. The third-order valence-electron chi connectivity index (χ3n) is 6.60. The Balaban J connectivity index is 1.67. The molecule has 4 aromatic rings. The van der Waals surface area contributed by atoms with Gasteiger partial charge in [-0.2, -0.15) is 5.10 Å². The van der Waals surface area contributed by atoms with E-state index in [1.807, 2.05) is 30.3 Å². The Kier molecular flexibility index (Phi) is 7.75. The largest absolute Gasteiger partial charge is 0.481 e. The molecule has 0 aliphatic carbocycles. The van der Waals surface area contributed by atoms with Crippen LogP contribution in [0.15, 0.2) is 76.6 Å². The standard InChI is InChI=1S/C29H22Cl3N3O4/c30-18-10-12-22-19(14-18)27(16-5-2-1-3-6-16)28(29(39)33-22)23-15-24(17-9-11-20(31)21(32)13-17)35(34-23)25(36)7-4-8-26(37)38/h1-3,5-6,9-14,24H,4,7-8,15H2,(H,33,39)(H,37,38)/t24-/m0/s1. The highest BCUT2D eigenvalue weighted by Gasteiger charge is 2.35. The predicted molar refractivity (Wildman–Crippen MR) is 154 cm³/mol. The maximum absolute atomic E-state index is 13.6. The van der Waals surface area contributed by atoms with E-state index in [0.29, 0.717) is 43.0 Å². The van der Waals surface area contributed by atoms with Crippen molar-refractivity contribution in [2.45, 2.75) is 31.7 Å². The minimum Gasteiger partial charge on any atom is -0.481 e. The number of carbonyl (C=O) groups is 2. The maximum atomic E-state index is 13.6. The van der Waals surface area contributed by atoms with Gasteiger partial charge in [-0.1, -0.05) is 71.2 Å². The van der Waals surface area contributed by atoms with Crippen molar-refractivity contribution in [1.29, 1.82) is 0 Å². The summed E-state index contributed by atoms with van der Waals surface area (Å²) in [6, 6.07) is 19.2. The molecule has 1 amide bonds. The van der Waals surface area contributed by atoms with Crippen molar-refractivity contribution >= 4 is 63.3 Å². The number of benzene rings is 3. The number of hydrogen-bond acceptors (Lipinski definition) is 4. The van der Waals surface area contributed by atoms with Gasteiger partial charge in [0, 0.05) is 40.8 Å². The van der Waals surface area contributed by atoms with Crippen molar-refractivity contribution in [2.75, 3.05) is 0 Å². The SMILES string of the molecule is O=C(O)CCCC(=O)N1N=C(c2c(-c3ccccc3)c3cc(Cl)ccc3[nH]c2=O)C[C@H]1c1ccc(Cl)c(Cl)c1. The Bertz CT molecular complexity index is 1690. The highest BCUT2D eigenvalue weighted by atomic mass is 35.5. The van der Waals surface area contributed by atoms with E-state index in [9.17, 15) is 14.4 Å². The predicted octanol–water partition coefficient (Wildman–Crippen LogP) is 7.09. The number of carboxylic acid groups (broad SMARTS) is 1. The zero-order chi connectivity index (χ0) is 27.7. The van der Waals surface area contributed by atoms with Crippen molar-refractivity contribution in [3.05, 3.63) is 103 Å². The molecule has 39 heavy (non-hydrogen) atoms. The first-order valence-corrected chi connectivity index (χ1v) is 13.3. The van der Waals surface area contributed by atoms with Gasteiger partial charge in [-0.3, -0.25) is 14.4 Å². The Hall–Kier alpha value is -3.65. The fourth-order valence-corrected chi connectivity index (χ4v) is 5.30. The van der Waals surface area contributed by atoms with Gasteiger partial charge < -0.3 is 10.1 Å². The van der Waals surface area contributed by atoms with Crippen molar-refractivity contribution in [3.63, 3.8) is 0 Å². The zero-order valence-electron chi connectivity index (χ0n) is 20.5. The molecule has 0 spiro atoms. The molecule has 0 saturated carbocycles. The first-order valence-electron chi connectivity index (χ1n) is 12.2. The molecule has 0 bridgehead atoms. The number of carbonyl (C=O) groups excluding carboxylic acids is 1. The van der Waals surface area contributed by atoms with E-state index >= 15 is 0 Å². The normalized spacial score (nSPS) is 15.0. The second-order valence-corrected chi connectivity index (χ2v) is 10.4. The average molecular weight is 583 g/mol. The number of H-pyrrole nitrogens is 1. The van der Waals surface area contributed by atoms with Gasteiger partial charge in [0.25, 0.3) is 5.56 Å². The van der Waals surface area contributed by atoms with Crippen LogP contribution in [0.1, 0.15) is 42.9 Å². The number of halogens is 3. The van der Waals surface area contributed by atoms with Gasteiger partial charge in [-0.05, 0) is 47.9 Å². The van der Waals surface area contributed by atoms with E-state index < -0.39 is 12.0 Å². The molecule has 5 rings (SSSR count). The van der Waals surface area contributed by atoms with Crippen molar-refractivity contribution in [2.24, 2.45) is 5.10 Å². The summed E-state index contributed by atoms with van der Waals surface area (Å²) in [7, 11) is 0. The molecular weight excluding hydrogens is 561 g/mol. The molecule has 2 N–H and O–H groups in total. The Morgan fingerprint density at radius 1 is 0.949 bits per heavy atom. The van der Waals surface area contributed by atoms with Gasteiger partial charge >= 0.3 is 5.97 Å². The lowest BCUT2D eigenvalue weighted by molar-refractivity contribution is -0.137. The molecular formula is C29H22Cl3N3O4. The average Bonchev–Trinajstić information content (AvgIpc) is 3.35. The van der Waals surface area contributed by atoms with Gasteiger partial charge in [0.1, 0.15) is 0 Å². The van der Waals surface area contributed by atoms with Gasteiger partial charge in [0.15, 0.2) is 0 Å². The zero-order valence-corrected chi connectivity index (χ0v) is 22.7. The molecule has 1 aliphatic rings. The highest BCUT2D eigenvalue weighted by Crippen LogP contribution is 2.39. The summed E-state index contributed by atoms with van der Waals surface area (Å²) in [4.78, 5) is 40.8. The fourth-order valence-electron chi connectivity index (χ4n) is 4.82. The van der Waals surface area contributed by atoms with Crippen LogP contribution >= 0.6 is 34.8 Å². The number of fused-ring (bicyclic) bond motifs is 1. The molecule has 0 unspecified atom stereocenters. The summed E-state index contributed by atoms with van der Waals surface area (Å²) in [5.41, 5.74) is 3.16. The van der Waals surface area contributed by atoms with Gasteiger partial charge in [-0.25, -0.2) is 5.01 Å². The molecule has 2 heterocycles. The number of aromatic amines is 1. The van der Waals surface area contributed by atoms with E-state index in [1.54, 1.807) is 36.4 Å². The first-order chi connectivity index (χ1) is 18.7. The molecule has 1 aromatic heterocycles. The molecule has 1 aliphatic heterocycles. The number of amides is 1. The first kappa shape index (κ1) is 26.9. The van der Waals surface area contributed by atoms with Crippen LogP contribution in [0, 0.1) is 0 Å². The van der Waals surface area contributed by atoms with E-state index in [4.69, 9.17) is 39.9 Å². The summed E-state index contributed by atoms with van der Waals surface area (Å²) in [6.07, 6.45) is 0.235. The van der Waals surface area contributed by atoms with Crippen LogP contribution in [-0.2, 0) is 9.59 Å². The summed E-state index contributed by atoms with van der Waals surface area (Å²) >= 11 is 18.8. The number of aliphatic carboxylic acids is 1. The second-order valence-electron chi connectivity index (χ2n) is 9.19. The number of aromatic nitrogens is 1. The minimum absolute atomic E-state index is 0.0177. The van der Waals surface area contributed by atoms with Crippen molar-refractivity contribution < 1.29 is 14.7 Å². The third-order valence-corrected chi connectivity index (χ3v) is 7.58. The lowest BCUT2D eigenvalue weighted by Crippen LogP contribution is -2.27. The number of hydrogen-bond donors (Lipinski definition) is 2. The van der Waals surface area contributed by atoms with Gasteiger partial charge in [0.2, 0.25) is 5.91 Å². The maximum Gasteiger partial charge on any atom is 0.303 e. The lowest BCUT2D eigenvalue weighted by atomic mass is 9.91. The molecule has 0 saturated heterocycles. The number of nitrogens with zero attached hydrogens (tertiary/aromatic N) is 2. The molecule has 3 aromatic carbocycles. The van der Waals surface area contributed by atoms with Crippen LogP contribution in [0.25, 0.3) is 22.0 Å². The van der Waals surface area contributed by atoms with Crippen LogP contribution in [0.2, 0.25) is 15.1 Å². The summed E-state index contributed by atoms with van der Waals surface area (Å²) < 4.78 is 0. The van der Waals surface area contributed by atoms with Crippen molar-refractivity contribution in [1.82, 2.24) is 9.99 Å². The van der Waals surface area contributed by atoms with Crippen LogP contribution < -0.4 is 5.56 Å². The molecule has 198 valence electrons. The van der Waals surface area contributed by atoms with E-state index in [1.165, 1.54) is 5.01 Å². The van der Waals surface area contributed by atoms with Crippen LogP contribution in [0.4, 0.5) is 0 Å². The van der Waals surface area contributed by atoms with Crippen LogP contribution in [0.3, 0.4) is 0 Å². The summed E-state index contributed by atoms with van der Waals surface area (Å²) in [5.74, 6) is -1.34. The Morgan fingerprint density at radius 3 is 2.44 bits per heavy atom. The molecule has 7 nitrogen and oxygen atoms in total. The summed E-state index contributed by atoms with van der Waals surface area (Å²) in [5, 5.41) is 16.9. The molecule has 10 heteroatoms. The topological polar surface area (TPSA) is 103 Å². The van der Waals surface area contributed by atoms with Crippen LogP contribution in [0.5, 0.6) is 0 Å². The van der Waals surface area contributed by atoms with E-state index in [-0.39, 0.29) is 37.1 Å². The monoisotopic (exact) mass is 581 g/mol. The molecule has 1 atom stereocenters. The number of pyridine rings is 1. The Morgan fingerprint density at radius 2 is 1.72 bits per heavy atom. The number of hydrazone groups is 1. The fraction of sp³-hybridized carbons (Fsp3) is 0.172. The van der Waals surface area contributed by atoms with Crippen LogP contribution in [-0.4, -0.2) is 32.7 Å². The van der Waals surface area contributed by atoms with E-state index in [2.05, 4.69) is 10.1 Å². The minimum atomic E-state index is -0.983. The number of nitrogens with one attached hydrogen (secondary N) is 1. The van der Waals surface area contributed by atoms with Crippen molar-refractivity contribution in [3.8, 4) is 11.1 Å². The van der Waals surface area contributed by atoms with Gasteiger partial charge in [0.05, 0.1) is 27.4 Å². The Labute approximate surface area is 238 Å². The second kappa shape index (κ2) is 11.2. The van der Waals surface area contributed by atoms with E-state index in [0.717, 1.165) is 10.9 Å².